The minimum absolute atomic E-state index is 0.322. The van der Waals surface area contributed by atoms with Crippen LogP contribution in [0.5, 0.6) is 0 Å². The Balaban J connectivity index is 1.57. The zero-order chi connectivity index (χ0) is 23.7. The summed E-state index contributed by atoms with van der Waals surface area (Å²) in [6, 6.07) is 0. The maximum atomic E-state index is 10.4. The largest absolute Gasteiger partial charge is 0.394 e. The van der Waals surface area contributed by atoms with E-state index >= 15 is 0 Å². The summed E-state index contributed by atoms with van der Waals surface area (Å²) in [5, 5.41) is 98.7. The van der Waals surface area contributed by atoms with E-state index in [2.05, 4.69) is 0 Å². The molecule has 0 bridgehead atoms. The van der Waals surface area contributed by atoms with Crippen LogP contribution in [0.25, 0.3) is 0 Å². The molecule has 0 aromatic heterocycles. The van der Waals surface area contributed by atoms with E-state index < -0.39 is 99.2 Å². The van der Waals surface area contributed by atoms with Crippen LogP contribution in [-0.4, -0.2) is 157 Å². The number of aliphatic hydroxyl groups is 10. The molecule has 10 N–H and O–H groups in total. The highest BCUT2D eigenvalue weighted by atomic mass is 16.7. The maximum Gasteiger partial charge on any atom is 0.187 e. The van der Waals surface area contributed by atoms with Gasteiger partial charge in [0.25, 0.3) is 0 Å². The van der Waals surface area contributed by atoms with Gasteiger partial charge in [-0.05, 0) is 0 Å². The molecule has 0 aliphatic carbocycles. The lowest BCUT2D eigenvalue weighted by molar-refractivity contribution is -0.365. The van der Waals surface area contributed by atoms with Crippen LogP contribution in [0.4, 0.5) is 0 Å². The molecule has 1 unspecified atom stereocenters. The van der Waals surface area contributed by atoms with Gasteiger partial charge in [0, 0.05) is 0 Å². The van der Waals surface area contributed by atoms with Gasteiger partial charge in [0.05, 0.1) is 19.8 Å². The molecule has 0 saturated carbocycles. The Labute approximate surface area is 181 Å². The predicted octanol–water partition coefficient (Wildman–Crippen LogP) is -6.93. The van der Waals surface area contributed by atoms with Crippen molar-refractivity contribution in [3.63, 3.8) is 0 Å². The van der Waals surface area contributed by atoms with Crippen molar-refractivity contribution in [2.24, 2.45) is 0 Å². The van der Waals surface area contributed by atoms with Crippen LogP contribution in [0, 0.1) is 0 Å². The lowest BCUT2D eigenvalue weighted by atomic mass is 9.97. The number of rotatable bonds is 6. The Morgan fingerprint density at radius 3 is 1.94 bits per heavy atom. The van der Waals surface area contributed by atoms with Crippen molar-refractivity contribution in [2.45, 2.75) is 86.0 Å². The first kappa shape index (κ1) is 26.0. The van der Waals surface area contributed by atoms with Gasteiger partial charge in [-0.25, -0.2) is 0 Å². The van der Waals surface area contributed by atoms with Gasteiger partial charge < -0.3 is 74.7 Å². The van der Waals surface area contributed by atoms with Gasteiger partial charge in [-0.2, -0.15) is 0 Å². The second-order valence-electron chi connectivity index (χ2n) is 7.93. The lowest BCUT2D eigenvalue weighted by Gasteiger charge is -2.45. The first-order chi connectivity index (χ1) is 15.1. The summed E-state index contributed by atoms with van der Waals surface area (Å²) in [7, 11) is 0. The Bertz CT molecular complexity index is 594. The SMILES string of the molecule is OC[C@H]1O[C@@H](O[C@H]2C(O)O[C@H](CO[C@@H]3OC[C@@H](O)[C@H](O)[C@H]3O)[C@@H](O)[C@@H]2O)[C@H](O)[C@@H](O)[C@@H]1O. The standard InChI is InChI=1S/C17H30O15/c18-1-5-8(21)10(23)13(26)17(31-5)32-14-11(24)9(22)6(30-15(14)27)3-29-16-12(25)7(20)4(19)2-28-16/h4-27H,1-3H2/t4-,5-,6-,7+,8-,9-,10+,11+,12-,13-,14-,15?,16+,17+/m1/s1. The van der Waals surface area contributed by atoms with Crippen LogP contribution in [0.1, 0.15) is 0 Å². The van der Waals surface area contributed by atoms with E-state index in [9.17, 15) is 51.1 Å². The van der Waals surface area contributed by atoms with Crippen molar-refractivity contribution in [3.05, 3.63) is 0 Å². The fourth-order valence-corrected chi connectivity index (χ4v) is 3.66. The molecule has 3 rings (SSSR count). The average molecular weight is 474 g/mol. The summed E-state index contributed by atoms with van der Waals surface area (Å²) < 4.78 is 25.9. The van der Waals surface area contributed by atoms with Crippen molar-refractivity contribution >= 4 is 0 Å². The van der Waals surface area contributed by atoms with E-state index in [-0.39, 0.29) is 6.61 Å². The molecule has 15 heteroatoms. The third-order valence-electron chi connectivity index (χ3n) is 5.68. The topological polar surface area (TPSA) is 248 Å². The Kier molecular flexibility index (Phi) is 8.75. The van der Waals surface area contributed by atoms with Gasteiger partial charge in [-0.3, -0.25) is 0 Å². The minimum Gasteiger partial charge on any atom is -0.394 e. The smallest absolute Gasteiger partial charge is 0.187 e. The number of aliphatic hydroxyl groups excluding tert-OH is 10. The highest BCUT2D eigenvalue weighted by molar-refractivity contribution is 4.93. The molecular formula is C17H30O15. The second kappa shape index (κ2) is 10.8. The van der Waals surface area contributed by atoms with Crippen LogP contribution in [0.3, 0.4) is 0 Å². The van der Waals surface area contributed by atoms with E-state index in [4.69, 9.17) is 23.7 Å². The normalized spacial score (nSPS) is 52.7. The first-order valence-electron chi connectivity index (χ1n) is 9.99. The van der Waals surface area contributed by atoms with E-state index in [1.807, 2.05) is 0 Å². The molecule has 0 amide bonds. The fraction of sp³-hybridized carbons (Fsp3) is 1.00. The van der Waals surface area contributed by atoms with Gasteiger partial charge in [0.15, 0.2) is 18.9 Å². The fourth-order valence-electron chi connectivity index (χ4n) is 3.66. The minimum atomic E-state index is -1.88. The third kappa shape index (κ3) is 5.22. The highest BCUT2D eigenvalue weighted by Gasteiger charge is 2.50. The van der Waals surface area contributed by atoms with Crippen molar-refractivity contribution in [1.82, 2.24) is 0 Å². The van der Waals surface area contributed by atoms with Crippen molar-refractivity contribution in [1.29, 1.82) is 0 Å². The maximum absolute atomic E-state index is 10.4. The van der Waals surface area contributed by atoms with Crippen LogP contribution < -0.4 is 0 Å². The summed E-state index contributed by atoms with van der Waals surface area (Å²) in [6.45, 7) is -1.55. The second-order valence-corrected chi connectivity index (χ2v) is 7.93. The summed E-state index contributed by atoms with van der Waals surface area (Å²) in [6.07, 6.45) is -22.4. The number of ether oxygens (including phenoxy) is 5. The summed E-state index contributed by atoms with van der Waals surface area (Å²) in [5.74, 6) is 0. The summed E-state index contributed by atoms with van der Waals surface area (Å²) in [5.41, 5.74) is 0. The van der Waals surface area contributed by atoms with Crippen LogP contribution >= 0.6 is 0 Å². The molecule has 0 spiro atoms. The molecule has 15 nitrogen and oxygen atoms in total. The Hall–Kier alpha value is -0.600. The van der Waals surface area contributed by atoms with E-state index in [0.717, 1.165) is 0 Å². The molecule has 3 aliphatic rings. The first-order valence-corrected chi connectivity index (χ1v) is 9.99. The molecule has 32 heavy (non-hydrogen) atoms. The molecule has 188 valence electrons. The zero-order valence-corrected chi connectivity index (χ0v) is 16.7. The Morgan fingerprint density at radius 1 is 0.656 bits per heavy atom. The monoisotopic (exact) mass is 474 g/mol. The molecule has 14 atom stereocenters. The van der Waals surface area contributed by atoms with Crippen LogP contribution in [0.15, 0.2) is 0 Å². The van der Waals surface area contributed by atoms with E-state index in [0.29, 0.717) is 0 Å². The van der Waals surface area contributed by atoms with Crippen molar-refractivity contribution in [3.8, 4) is 0 Å². The molecule has 0 aromatic carbocycles. The van der Waals surface area contributed by atoms with Crippen LogP contribution in [-0.2, 0) is 23.7 Å². The van der Waals surface area contributed by atoms with Gasteiger partial charge >= 0.3 is 0 Å². The third-order valence-corrected chi connectivity index (χ3v) is 5.68. The summed E-state index contributed by atoms with van der Waals surface area (Å²) in [4.78, 5) is 0. The number of hydrogen-bond donors (Lipinski definition) is 10. The zero-order valence-electron chi connectivity index (χ0n) is 16.7. The number of hydrogen-bond acceptors (Lipinski definition) is 15. The van der Waals surface area contributed by atoms with Gasteiger partial charge in [0.1, 0.15) is 67.1 Å². The summed E-state index contributed by atoms with van der Waals surface area (Å²) >= 11 is 0. The molecule has 0 aromatic rings. The molecule has 3 fully saturated rings. The van der Waals surface area contributed by atoms with Crippen LogP contribution in [0.2, 0.25) is 0 Å². The van der Waals surface area contributed by atoms with E-state index in [1.165, 1.54) is 0 Å². The quantitative estimate of drug-likeness (QED) is 0.172. The molecule has 3 heterocycles. The molecule has 3 saturated heterocycles. The van der Waals surface area contributed by atoms with Gasteiger partial charge in [-0.15, -0.1) is 0 Å². The molecular weight excluding hydrogens is 444 g/mol. The lowest BCUT2D eigenvalue weighted by Crippen LogP contribution is -2.64. The molecule has 0 radical (unpaired) electrons. The average Bonchev–Trinajstić information content (AvgIpc) is 2.77. The van der Waals surface area contributed by atoms with Gasteiger partial charge in [-0.1, -0.05) is 0 Å². The highest BCUT2D eigenvalue weighted by Crippen LogP contribution is 2.29. The van der Waals surface area contributed by atoms with Crippen molar-refractivity contribution < 1.29 is 74.7 Å². The predicted molar refractivity (Wildman–Crippen MR) is 95.2 cm³/mol. The molecule has 3 aliphatic heterocycles. The van der Waals surface area contributed by atoms with Crippen molar-refractivity contribution in [2.75, 3.05) is 19.8 Å². The Morgan fingerprint density at radius 2 is 1.28 bits per heavy atom. The van der Waals surface area contributed by atoms with Gasteiger partial charge in [0.2, 0.25) is 0 Å². The van der Waals surface area contributed by atoms with E-state index in [1.54, 1.807) is 0 Å².